The maximum absolute atomic E-state index is 12.1. The Morgan fingerprint density at radius 2 is 1.33 bits per heavy atom. The molecular formula is C36H28N2O. The fraction of sp³-hybridized carbons (Fsp3) is 0.139. The number of rotatable bonds is 6. The molecule has 3 heteroatoms. The molecule has 3 nitrogen and oxygen atoms in total. The zero-order valence-electron chi connectivity index (χ0n) is 21.9. The zero-order valence-corrected chi connectivity index (χ0v) is 21.9. The van der Waals surface area contributed by atoms with Gasteiger partial charge in [0.05, 0.1) is 17.5 Å². The number of ketones is 1. The minimum Gasteiger partial charge on any atom is -0.295 e. The monoisotopic (exact) mass is 504 g/mol. The van der Waals surface area contributed by atoms with Crippen molar-refractivity contribution in [1.82, 2.24) is 4.98 Å². The van der Waals surface area contributed by atoms with Crippen LogP contribution in [0.5, 0.6) is 0 Å². The molecule has 1 aromatic heterocycles. The first kappa shape index (κ1) is 24.5. The minimum atomic E-state index is -0.719. The number of aromatic nitrogens is 1. The van der Waals surface area contributed by atoms with E-state index in [9.17, 15) is 10.1 Å². The third kappa shape index (κ3) is 4.45. The summed E-state index contributed by atoms with van der Waals surface area (Å²) in [6.07, 6.45) is 2.10. The average Bonchev–Trinajstić information content (AvgIpc) is 3.35. The molecule has 1 aliphatic carbocycles. The van der Waals surface area contributed by atoms with Gasteiger partial charge in [0.15, 0.2) is 5.78 Å². The van der Waals surface area contributed by atoms with Gasteiger partial charge in [-0.3, -0.25) is 9.78 Å². The molecule has 0 bridgehead atoms. The highest BCUT2D eigenvalue weighted by Crippen LogP contribution is 2.50. The Hall–Kier alpha value is -4.81. The average molecular weight is 505 g/mol. The summed E-state index contributed by atoms with van der Waals surface area (Å²) < 4.78 is 0. The lowest BCUT2D eigenvalue weighted by molar-refractivity contribution is 0.101. The number of hydrogen-bond acceptors (Lipinski definition) is 3. The second-order valence-electron chi connectivity index (χ2n) is 10.3. The molecule has 4 aromatic carbocycles. The summed E-state index contributed by atoms with van der Waals surface area (Å²) in [6, 6.07) is 41.5. The Morgan fingerprint density at radius 3 is 1.92 bits per heavy atom. The molecule has 0 saturated carbocycles. The van der Waals surface area contributed by atoms with E-state index in [4.69, 9.17) is 4.98 Å². The van der Waals surface area contributed by atoms with Crippen molar-refractivity contribution in [1.29, 1.82) is 5.26 Å². The molecule has 188 valence electrons. The van der Waals surface area contributed by atoms with Crippen LogP contribution in [-0.4, -0.2) is 10.8 Å². The molecule has 6 rings (SSSR count). The molecule has 0 unspecified atom stereocenters. The Kier molecular flexibility index (Phi) is 6.39. The predicted molar refractivity (Wildman–Crippen MR) is 156 cm³/mol. The zero-order chi connectivity index (χ0) is 26.8. The Labute approximate surface area is 229 Å². The number of carbonyl (C=O) groups is 1. The summed E-state index contributed by atoms with van der Waals surface area (Å²) in [7, 11) is 0. The topological polar surface area (TPSA) is 53.8 Å². The van der Waals surface area contributed by atoms with Gasteiger partial charge in [0, 0.05) is 16.7 Å². The second kappa shape index (κ2) is 10.2. The van der Waals surface area contributed by atoms with Crippen molar-refractivity contribution >= 4 is 5.78 Å². The highest BCUT2D eigenvalue weighted by Gasteiger charge is 2.43. The highest BCUT2D eigenvalue weighted by atomic mass is 16.1. The molecule has 5 aromatic rings. The molecule has 1 atom stereocenters. The lowest BCUT2D eigenvalue weighted by Gasteiger charge is -2.25. The number of carbonyl (C=O) groups excluding carboxylic acids is 1. The van der Waals surface area contributed by atoms with Crippen LogP contribution in [-0.2, 0) is 18.3 Å². The van der Waals surface area contributed by atoms with Crippen molar-refractivity contribution in [3.63, 3.8) is 0 Å². The normalized spacial score (nSPS) is 15.9. The van der Waals surface area contributed by atoms with Gasteiger partial charge in [-0.2, -0.15) is 5.26 Å². The molecular weight excluding hydrogens is 476 g/mol. The predicted octanol–water partition coefficient (Wildman–Crippen LogP) is 8.24. The van der Waals surface area contributed by atoms with Crippen molar-refractivity contribution < 1.29 is 4.79 Å². The van der Waals surface area contributed by atoms with Crippen molar-refractivity contribution in [3.8, 4) is 39.6 Å². The van der Waals surface area contributed by atoms with E-state index >= 15 is 0 Å². The smallest absolute Gasteiger partial charge is 0.159 e. The second-order valence-corrected chi connectivity index (χ2v) is 10.3. The Morgan fingerprint density at radius 1 is 0.769 bits per heavy atom. The van der Waals surface area contributed by atoms with Crippen LogP contribution < -0.4 is 0 Å². The van der Waals surface area contributed by atoms with Crippen LogP contribution in [0.15, 0.2) is 115 Å². The first-order chi connectivity index (χ1) is 19.1. The lowest BCUT2D eigenvalue weighted by atomic mass is 9.79. The van der Waals surface area contributed by atoms with E-state index in [2.05, 4.69) is 54.6 Å². The van der Waals surface area contributed by atoms with Gasteiger partial charge in [0.2, 0.25) is 0 Å². The Bertz CT molecular complexity index is 1690. The fourth-order valence-corrected chi connectivity index (χ4v) is 5.86. The third-order valence-corrected chi connectivity index (χ3v) is 7.81. The third-order valence-electron chi connectivity index (χ3n) is 7.81. The van der Waals surface area contributed by atoms with Crippen molar-refractivity contribution in [2.24, 2.45) is 0 Å². The van der Waals surface area contributed by atoms with Gasteiger partial charge in [-0.05, 0) is 54.0 Å². The summed E-state index contributed by atoms with van der Waals surface area (Å²) in [6.45, 7) is 1.59. The molecule has 0 spiro atoms. The number of hydrogen-bond donors (Lipinski definition) is 0. The molecule has 0 aliphatic heterocycles. The highest BCUT2D eigenvalue weighted by molar-refractivity contribution is 5.97. The summed E-state index contributed by atoms with van der Waals surface area (Å²) >= 11 is 0. The molecule has 0 saturated heterocycles. The van der Waals surface area contributed by atoms with Crippen LogP contribution in [0.25, 0.3) is 33.5 Å². The summed E-state index contributed by atoms with van der Waals surface area (Å²) in [5, 5.41) is 10.7. The molecule has 0 fully saturated rings. The van der Waals surface area contributed by atoms with E-state index in [1.165, 1.54) is 0 Å². The maximum Gasteiger partial charge on any atom is 0.159 e. The Balaban J connectivity index is 1.68. The van der Waals surface area contributed by atoms with Gasteiger partial charge in [0.25, 0.3) is 0 Å². The van der Waals surface area contributed by atoms with E-state index in [0.29, 0.717) is 18.4 Å². The van der Waals surface area contributed by atoms with Crippen LogP contribution in [0.1, 0.15) is 40.5 Å². The number of pyridine rings is 1. The summed E-state index contributed by atoms with van der Waals surface area (Å²) in [5.41, 5.74) is 9.26. The molecule has 39 heavy (non-hydrogen) atoms. The number of benzene rings is 4. The molecule has 1 heterocycles. The van der Waals surface area contributed by atoms with Crippen LogP contribution in [0, 0.1) is 11.3 Å². The summed E-state index contributed by atoms with van der Waals surface area (Å²) in [5.74, 6) is 0.0427. The molecule has 1 aliphatic rings. The van der Waals surface area contributed by atoms with Crippen molar-refractivity contribution in [2.75, 3.05) is 0 Å². The lowest BCUT2D eigenvalue weighted by Crippen LogP contribution is -2.25. The van der Waals surface area contributed by atoms with Gasteiger partial charge < -0.3 is 0 Å². The largest absolute Gasteiger partial charge is 0.295 e. The SMILES string of the molecule is CC(=O)c1ccc(-c2c3c(nc(-c4ccccc4)c2-c2ccccc2)[C@](C#N)(Cc2ccccc2)CC3)cc1. The van der Waals surface area contributed by atoms with Crippen molar-refractivity contribution in [3.05, 3.63) is 138 Å². The van der Waals surface area contributed by atoms with E-state index in [1.54, 1.807) is 6.92 Å². The van der Waals surface area contributed by atoms with E-state index in [-0.39, 0.29) is 5.78 Å². The summed E-state index contributed by atoms with van der Waals surface area (Å²) in [4.78, 5) is 17.4. The van der Waals surface area contributed by atoms with E-state index in [1.807, 2.05) is 66.7 Å². The van der Waals surface area contributed by atoms with Crippen LogP contribution in [0.3, 0.4) is 0 Å². The van der Waals surface area contributed by atoms with Gasteiger partial charge in [-0.1, -0.05) is 115 Å². The van der Waals surface area contributed by atoms with Crippen LogP contribution in [0.4, 0.5) is 0 Å². The van der Waals surface area contributed by atoms with Crippen molar-refractivity contribution in [2.45, 2.75) is 31.6 Å². The molecule has 0 amide bonds. The first-order valence-electron chi connectivity index (χ1n) is 13.3. The fourth-order valence-electron chi connectivity index (χ4n) is 5.86. The number of Topliss-reactive ketones (excluding diaryl/α,β-unsaturated/α-hetero) is 1. The van der Waals surface area contributed by atoms with Crippen LogP contribution in [0.2, 0.25) is 0 Å². The minimum absolute atomic E-state index is 0.0427. The van der Waals surface area contributed by atoms with Crippen LogP contribution >= 0.6 is 0 Å². The number of nitriles is 1. The molecule has 0 N–H and O–H groups in total. The van der Waals surface area contributed by atoms with Gasteiger partial charge in [-0.15, -0.1) is 0 Å². The quantitative estimate of drug-likeness (QED) is 0.219. The van der Waals surface area contributed by atoms with E-state index in [0.717, 1.165) is 56.8 Å². The van der Waals surface area contributed by atoms with E-state index < -0.39 is 5.41 Å². The van der Waals surface area contributed by atoms with Gasteiger partial charge in [-0.25, -0.2) is 0 Å². The first-order valence-corrected chi connectivity index (χ1v) is 13.3. The van der Waals surface area contributed by atoms with Gasteiger partial charge >= 0.3 is 0 Å². The maximum atomic E-state index is 12.1. The number of nitrogens with zero attached hydrogens (tertiary/aromatic N) is 2. The molecule has 0 radical (unpaired) electrons. The van der Waals surface area contributed by atoms with Gasteiger partial charge in [0.1, 0.15) is 5.41 Å². The number of fused-ring (bicyclic) bond motifs is 1. The standard InChI is InChI=1S/C36H28N2O/c1-25(39)27-17-19-29(20-18-27)32-31-21-22-36(24-37,23-26-11-5-2-6-12-26)35(31)38-34(30-15-9-4-10-16-30)33(32)28-13-7-3-8-14-28/h2-20H,21-23H2,1H3/t36-/m0/s1.